The van der Waals surface area contributed by atoms with Crippen molar-refractivity contribution in [1.29, 1.82) is 0 Å². The number of hydrogen-bond donors (Lipinski definition) is 2. The summed E-state index contributed by atoms with van der Waals surface area (Å²) in [5, 5.41) is 14.3. The van der Waals surface area contributed by atoms with Gasteiger partial charge in [0.2, 0.25) is 0 Å². The quantitative estimate of drug-likeness (QED) is 0.827. The number of aromatic nitrogens is 2. The molecule has 0 aliphatic heterocycles. The Bertz CT molecular complexity index is 638. The van der Waals surface area contributed by atoms with E-state index >= 15 is 0 Å². The fraction of sp³-hybridized carbons (Fsp3) is 0.0714. The zero-order chi connectivity index (χ0) is 15.2. The number of para-hydroxylation sites is 1. The van der Waals surface area contributed by atoms with Gasteiger partial charge in [-0.15, -0.1) is 16.8 Å². The predicted molar refractivity (Wildman–Crippen MR) is 84.3 cm³/mol. The molecule has 0 spiro atoms. The SMILES string of the molecule is C=CCNC(=O)c1ccc(Nc2c(Cl)cccc2Cl)nn1. The number of amides is 1. The van der Waals surface area contributed by atoms with E-state index in [9.17, 15) is 4.79 Å². The Labute approximate surface area is 132 Å². The van der Waals surface area contributed by atoms with Crippen LogP contribution in [0.5, 0.6) is 0 Å². The maximum atomic E-state index is 11.7. The van der Waals surface area contributed by atoms with Gasteiger partial charge in [0.15, 0.2) is 11.5 Å². The number of benzene rings is 1. The number of anilines is 2. The average Bonchev–Trinajstić information content (AvgIpc) is 2.49. The molecule has 1 aromatic carbocycles. The van der Waals surface area contributed by atoms with Crippen molar-refractivity contribution in [2.45, 2.75) is 0 Å². The van der Waals surface area contributed by atoms with Crippen LogP contribution in [-0.4, -0.2) is 22.6 Å². The van der Waals surface area contributed by atoms with Crippen molar-refractivity contribution in [3.8, 4) is 0 Å². The van der Waals surface area contributed by atoms with Gasteiger partial charge in [-0.3, -0.25) is 4.79 Å². The van der Waals surface area contributed by atoms with Crippen LogP contribution in [0, 0.1) is 0 Å². The molecule has 2 rings (SSSR count). The molecule has 2 N–H and O–H groups in total. The first-order valence-electron chi connectivity index (χ1n) is 6.05. The molecule has 0 bridgehead atoms. The van der Waals surface area contributed by atoms with Gasteiger partial charge in [0.25, 0.3) is 5.91 Å². The Morgan fingerprint density at radius 2 is 1.90 bits per heavy atom. The fourth-order valence-corrected chi connectivity index (χ4v) is 2.01. The van der Waals surface area contributed by atoms with Crippen LogP contribution in [0.25, 0.3) is 0 Å². The third-order valence-electron chi connectivity index (χ3n) is 2.52. The topological polar surface area (TPSA) is 66.9 Å². The second-order valence-corrected chi connectivity index (χ2v) is 4.84. The lowest BCUT2D eigenvalue weighted by Gasteiger charge is -2.09. The molecule has 1 heterocycles. The second kappa shape index (κ2) is 7.06. The Morgan fingerprint density at radius 3 is 2.48 bits per heavy atom. The van der Waals surface area contributed by atoms with Crippen molar-refractivity contribution < 1.29 is 4.79 Å². The third-order valence-corrected chi connectivity index (χ3v) is 3.15. The minimum Gasteiger partial charge on any atom is -0.347 e. The minimum atomic E-state index is -0.315. The maximum Gasteiger partial charge on any atom is 0.272 e. The van der Waals surface area contributed by atoms with Crippen molar-refractivity contribution in [3.63, 3.8) is 0 Å². The van der Waals surface area contributed by atoms with Gasteiger partial charge in [0.1, 0.15) is 0 Å². The smallest absolute Gasteiger partial charge is 0.272 e. The van der Waals surface area contributed by atoms with Crippen molar-refractivity contribution >= 4 is 40.6 Å². The van der Waals surface area contributed by atoms with E-state index in [2.05, 4.69) is 27.4 Å². The van der Waals surface area contributed by atoms with Crippen molar-refractivity contribution in [1.82, 2.24) is 15.5 Å². The molecule has 0 aliphatic rings. The summed E-state index contributed by atoms with van der Waals surface area (Å²) in [6, 6.07) is 8.34. The number of nitrogens with zero attached hydrogens (tertiary/aromatic N) is 2. The molecule has 0 saturated carbocycles. The Balaban J connectivity index is 2.12. The fourth-order valence-electron chi connectivity index (χ4n) is 1.52. The number of rotatable bonds is 5. The van der Waals surface area contributed by atoms with Gasteiger partial charge in [-0.05, 0) is 24.3 Å². The van der Waals surface area contributed by atoms with Crippen LogP contribution in [0.1, 0.15) is 10.5 Å². The summed E-state index contributed by atoms with van der Waals surface area (Å²) < 4.78 is 0. The lowest BCUT2D eigenvalue weighted by Crippen LogP contribution is -2.24. The molecule has 2 aromatic rings. The monoisotopic (exact) mass is 322 g/mol. The summed E-state index contributed by atoms with van der Waals surface area (Å²) >= 11 is 12.1. The van der Waals surface area contributed by atoms with E-state index in [0.29, 0.717) is 28.1 Å². The Hall–Kier alpha value is -2.11. The van der Waals surface area contributed by atoms with Crippen LogP contribution in [0.4, 0.5) is 11.5 Å². The predicted octanol–water partition coefficient (Wildman–Crippen LogP) is 3.44. The van der Waals surface area contributed by atoms with E-state index in [-0.39, 0.29) is 11.6 Å². The first kappa shape index (κ1) is 15.3. The molecular weight excluding hydrogens is 311 g/mol. The molecular formula is C14H12Cl2N4O. The lowest BCUT2D eigenvalue weighted by molar-refractivity contribution is 0.0952. The molecule has 1 amide bonds. The highest BCUT2D eigenvalue weighted by atomic mass is 35.5. The van der Waals surface area contributed by atoms with Crippen LogP contribution in [0.15, 0.2) is 43.0 Å². The van der Waals surface area contributed by atoms with Gasteiger partial charge in [-0.25, -0.2) is 0 Å². The summed E-state index contributed by atoms with van der Waals surface area (Å²) in [5.74, 6) is 0.120. The average molecular weight is 323 g/mol. The summed E-state index contributed by atoms with van der Waals surface area (Å²) in [7, 11) is 0. The molecule has 5 nitrogen and oxygen atoms in total. The first-order chi connectivity index (χ1) is 10.1. The standard InChI is InChI=1S/C14H12Cl2N4O/c1-2-8-17-14(21)11-6-7-12(20-19-11)18-13-9(15)4-3-5-10(13)16/h2-7H,1,8H2,(H,17,21)(H,18,20). The highest BCUT2D eigenvalue weighted by Gasteiger charge is 2.09. The number of carbonyl (C=O) groups is 1. The lowest BCUT2D eigenvalue weighted by atomic mass is 10.3. The van der Waals surface area contributed by atoms with E-state index in [1.54, 1.807) is 36.4 Å². The van der Waals surface area contributed by atoms with E-state index in [1.807, 2.05) is 0 Å². The molecule has 0 fully saturated rings. The van der Waals surface area contributed by atoms with Crippen LogP contribution in [0.3, 0.4) is 0 Å². The zero-order valence-corrected chi connectivity index (χ0v) is 12.4. The molecule has 0 unspecified atom stereocenters. The number of halogens is 2. The number of carbonyl (C=O) groups excluding carboxylic acids is 1. The van der Waals surface area contributed by atoms with Gasteiger partial charge in [0, 0.05) is 6.54 Å². The number of hydrogen-bond acceptors (Lipinski definition) is 4. The molecule has 108 valence electrons. The highest BCUT2D eigenvalue weighted by Crippen LogP contribution is 2.31. The van der Waals surface area contributed by atoms with Gasteiger partial charge in [-0.1, -0.05) is 35.3 Å². The van der Waals surface area contributed by atoms with Gasteiger partial charge >= 0.3 is 0 Å². The van der Waals surface area contributed by atoms with Crippen LogP contribution >= 0.6 is 23.2 Å². The summed E-state index contributed by atoms with van der Waals surface area (Å²) in [5.41, 5.74) is 0.756. The van der Waals surface area contributed by atoms with Gasteiger partial charge < -0.3 is 10.6 Å². The van der Waals surface area contributed by atoms with E-state index in [0.717, 1.165) is 0 Å². The van der Waals surface area contributed by atoms with E-state index in [4.69, 9.17) is 23.2 Å². The van der Waals surface area contributed by atoms with Gasteiger partial charge in [0.05, 0.1) is 15.7 Å². The van der Waals surface area contributed by atoms with E-state index in [1.165, 1.54) is 0 Å². The second-order valence-electron chi connectivity index (χ2n) is 4.02. The summed E-state index contributed by atoms with van der Waals surface area (Å²) in [4.78, 5) is 11.7. The van der Waals surface area contributed by atoms with E-state index < -0.39 is 0 Å². The Morgan fingerprint density at radius 1 is 1.19 bits per heavy atom. The largest absolute Gasteiger partial charge is 0.347 e. The molecule has 0 radical (unpaired) electrons. The van der Waals surface area contributed by atoms with Crippen molar-refractivity contribution in [2.24, 2.45) is 0 Å². The number of nitrogens with one attached hydrogen (secondary N) is 2. The maximum absolute atomic E-state index is 11.7. The van der Waals surface area contributed by atoms with Crippen LogP contribution in [-0.2, 0) is 0 Å². The molecule has 0 saturated heterocycles. The first-order valence-corrected chi connectivity index (χ1v) is 6.81. The van der Waals surface area contributed by atoms with Crippen molar-refractivity contribution in [2.75, 3.05) is 11.9 Å². The van der Waals surface area contributed by atoms with Crippen LogP contribution in [0.2, 0.25) is 10.0 Å². The highest BCUT2D eigenvalue weighted by molar-refractivity contribution is 6.39. The van der Waals surface area contributed by atoms with Gasteiger partial charge in [-0.2, -0.15) is 0 Å². The molecule has 0 aliphatic carbocycles. The minimum absolute atomic E-state index is 0.215. The molecule has 7 heteroatoms. The third kappa shape index (κ3) is 3.93. The summed E-state index contributed by atoms with van der Waals surface area (Å²) in [6.07, 6.45) is 1.58. The molecule has 0 atom stereocenters. The Kier molecular flexibility index (Phi) is 5.14. The van der Waals surface area contributed by atoms with Crippen molar-refractivity contribution in [3.05, 3.63) is 58.7 Å². The molecule has 1 aromatic heterocycles. The van der Waals surface area contributed by atoms with Crippen LogP contribution < -0.4 is 10.6 Å². The summed E-state index contributed by atoms with van der Waals surface area (Å²) in [6.45, 7) is 3.89. The molecule has 21 heavy (non-hydrogen) atoms. The normalized spacial score (nSPS) is 10.0. The zero-order valence-electron chi connectivity index (χ0n) is 10.9.